The molecule has 0 spiro atoms. The molecule has 25 heavy (non-hydrogen) atoms. The molecule has 1 heterocycles. The number of benzene rings is 2. The molecule has 2 aromatic carbocycles. The number of carboxylic acid groups (broad SMARTS) is 1. The highest BCUT2D eigenvalue weighted by Crippen LogP contribution is 2.33. The molecule has 1 saturated heterocycles. The summed E-state index contributed by atoms with van der Waals surface area (Å²) in [5.74, 6) is -0.255. The summed E-state index contributed by atoms with van der Waals surface area (Å²) in [6, 6.07) is 15.8. The van der Waals surface area contributed by atoms with Gasteiger partial charge in [-0.25, -0.2) is 0 Å². The molecule has 3 rings (SSSR count). The molecule has 2 atom stereocenters. The molecule has 1 aliphatic heterocycles. The molecule has 1 fully saturated rings. The highest BCUT2D eigenvalue weighted by Gasteiger charge is 2.29. The van der Waals surface area contributed by atoms with Gasteiger partial charge in [0.2, 0.25) is 0 Å². The SMILES string of the molecule is O=C(O)CC1CC(c2ccc(Cl)cc2)CN(Cc2ccc(Cl)cc2)C1. The number of likely N-dealkylation sites (tertiary alicyclic amines) is 1. The third-order valence-electron chi connectivity index (χ3n) is 4.74. The molecule has 0 radical (unpaired) electrons. The second-order valence-electron chi connectivity index (χ2n) is 6.77. The van der Waals surface area contributed by atoms with E-state index in [0.717, 1.165) is 36.1 Å². The minimum Gasteiger partial charge on any atom is -0.481 e. The van der Waals surface area contributed by atoms with Crippen molar-refractivity contribution in [3.05, 3.63) is 69.7 Å². The third kappa shape index (κ3) is 5.21. The summed E-state index contributed by atoms with van der Waals surface area (Å²) in [6.07, 6.45) is 1.10. The van der Waals surface area contributed by atoms with E-state index >= 15 is 0 Å². The number of hydrogen-bond acceptors (Lipinski definition) is 2. The van der Waals surface area contributed by atoms with Crippen molar-refractivity contribution in [2.75, 3.05) is 13.1 Å². The van der Waals surface area contributed by atoms with Crippen LogP contribution in [0.5, 0.6) is 0 Å². The first-order valence-electron chi connectivity index (χ1n) is 8.43. The predicted octanol–water partition coefficient (Wildman–Crippen LogP) is 5.07. The molecule has 2 aromatic rings. The highest BCUT2D eigenvalue weighted by atomic mass is 35.5. The Balaban J connectivity index is 1.75. The van der Waals surface area contributed by atoms with Gasteiger partial charge in [0.1, 0.15) is 0 Å². The van der Waals surface area contributed by atoms with Crippen LogP contribution in [0.15, 0.2) is 48.5 Å². The fourth-order valence-electron chi connectivity index (χ4n) is 3.65. The van der Waals surface area contributed by atoms with E-state index in [1.807, 2.05) is 36.4 Å². The van der Waals surface area contributed by atoms with Crippen molar-refractivity contribution in [1.29, 1.82) is 0 Å². The Morgan fingerprint density at radius 1 is 1.00 bits per heavy atom. The summed E-state index contributed by atoms with van der Waals surface area (Å²) in [6.45, 7) is 2.52. The van der Waals surface area contributed by atoms with Crippen LogP contribution < -0.4 is 0 Å². The second-order valence-corrected chi connectivity index (χ2v) is 7.64. The number of halogens is 2. The van der Waals surface area contributed by atoms with Gasteiger partial charge in [-0.1, -0.05) is 47.5 Å². The van der Waals surface area contributed by atoms with E-state index in [1.54, 1.807) is 0 Å². The Kier molecular flexibility index (Phi) is 6.00. The van der Waals surface area contributed by atoms with E-state index < -0.39 is 5.97 Å². The number of hydrogen-bond donors (Lipinski definition) is 1. The van der Waals surface area contributed by atoms with Crippen molar-refractivity contribution in [2.24, 2.45) is 5.92 Å². The Labute approximate surface area is 158 Å². The zero-order chi connectivity index (χ0) is 17.8. The van der Waals surface area contributed by atoms with E-state index in [0.29, 0.717) is 5.92 Å². The number of rotatable bonds is 5. The van der Waals surface area contributed by atoms with Crippen LogP contribution in [0.4, 0.5) is 0 Å². The van der Waals surface area contributed by atoms with Gasteiger partial charge in [-0.2, -0.15) is 0 Å². The normalized spacial score (nSPS) is 21.2. The van der Waals surface area contributed by atoms with Gasteiger partial charge in [0.05, 0.1) is 0 Å². The standard InChI is InChI=1S/C20H21Cl2NO2/c21-18-5-1-14(2-6-18)11-23-12-15(10-20(24)25)9-17(13-23)16-3-7-19(22)8-4-16/h1-8,15,17H,9-13H2,(H,24,25). The summed E-state index contributed by atoms with van der Waals surface area (Å²) in [4.78, 5) is 13.6. The van der Waals surface area contributed by atoms with Crippen LogP contribution in [0.3, 0.4) is 0 Å². The average molecular weight is 378 g/mol. The quantitative estimate of drug-likeness (QED) is 0.789. The van der Waals surface area contributed by atoms with Crippen molar-refractivity contribution in [1.82, 2.24) is 4.90 Å². The first-order chi connectivity index (χ1) is 12.0. The number of nitrogens with zero attached hydrogens (tertiary/aromatic N) is 1. The lowest BCUT2D eigenvalue weighted by Gasteiger charge is -2.37. The number of carbonyl (C=O) groups is 1. The van der Waals surface area contributed by atoms with Gasteiger partial charge in [0.25, 0.3) is 0 Å². The van der Waals surface area contributed by atoms with E-state index in [4.69, 9.17) is 23.2 Å². The summed E-state index contributed by atoms with van der Waals surface area (Å²) < 4.78 is 0. The fraction of sp³-hybridized carbons (Fsp3) is 0.350. The van der Waals surface area contributed by atoms with Crippen LogP contribution in [-0.2, 0) is 11.3 Å². The van der Waals surface area contributed by atoms with Crippen molar-refractivity contribution >= 4 is 29.2 Å². The highest BCUT2D eigenvalue weighted by molar-refractivity contribution is 6.30. The van der Waals surface area contributed by atoms with Crippen LogP contribution in [0.2, 0.25) is 10.0 Å². The van der Waals surface area contributed by atoms with Crippen LogP contribution in [0, 0.1) is 5.92 Å². The number of aliphatic carboxylic acids is 1. The molecule has 1 aliphatic rings. The van der Waals surface area contributed by atoms with Crippen molar-refractivity contribution < 1.29 is 9.90 Å². The van der Waals surface area contributed by atoms with Gasteiger partial charge in [-0.05, 0) is 53.6 Å². The minimum absolute atomic E-state index is 0.152. The van der Waals surface area contributed by atoms with Gasteiger partial charge in [0.15, 0.2) is 0 Å². The van der Waals surface area contributed by atoms with Crippen LogP contribution >= 0.6 is 23.2 Å². The molecule has 1 N–H and O–H groups in total. The van der Waals surface area contributed by atoms with Crippen molar-refractivity contribution in [2.45, 2.75) is 25.3 Å². The lowest BCUT2D eigenvalue weighted by Crippen LogP contribution is -2.39. The van der Waals surface area contributed by atoms with E-state index in [-0.39, 0.29) is 12.3 Å². The lowest BCUT2D eigenvalue weighted by atomic mass is 9.83. The van der Waals surface area contributed by atoms with Crippen molar-refractivity contribution in [3.63, 3.8) is 0 Å². The smallest absolute Gasteiger partial charge is 0.303 e. The molecule has 0 saturated carbocycles. The zero-order valence-electron chi connectivity index (χ0n) is 13.9. The van der Waals surface area contributed by atoms with E-state index in [2.05, 4.69) is 17.0 Å². The van der Waals surface area contributed by atoms with Gasteiger partial charge < -0.3 is 5.11 Å². The molecular weight excluding hydrogens is 357 g/mol. The summed E-state index contributed by atoms with van der Waals surface area (Å²) in [5, 5.41) is 10.7. The van der Waals surface area contributed by atoms with E-state index in [9.17, 15) is 9.90 Å². The molecule has 0 bridgehead atoms. The average Bonchev–Trinajstić information content (AvgIpc) is 2.57. The summed E-state index contributed by atoms with van der Waals surface area (Å²) >= 11 is 12.0. The Hall–Kier alpha value is -1.55. The maximum atomic E-state index is 11.2. The van der Waals surface area contributed by atoms with Gasteiger partial charge in [0, 0.05) is 36.1 Å². The Bertz CT molecular complexity index is 715. The van der Waals surface area contributed by atoms with Gasteiger partial charge in [-0.3, -0.25) is 9.69 Å². The monoisotopic (exact) mass is 377 g/mol. The number of piperidine rings is 1. The Morgan fingerprint density at radius 2 is 1.60 bits per heavy atom. The molecule has 5 heteroatoms. The molecule has 2 unspecified atom stereocenters. The maximum Gasteiger partial charge on any atom is 0.303 e. The van der Waals surface area contributed by atoms with Gasteiger partial charge >= 0.3 is 5.97 Å². The van der Waals surface area contributed by atoms with E-state index in [1.165, 1.54) is 11.1 Å². The predicted molar refractivity (Wildman–Crippen MR) is 101 cm³/mol. The van der Waals surface area contributed by atoms with Gasteiger partial charge in [-0.15, -0.1) is 0 Å². The third-order valence-corrected chi connectivity index (χ3v) is 5.24. The molecule has 132 valence electrons. The molecular formula is C20H21Cl2NO2. The first-order valence-corrected chi connectivity index (χ1v) is 9.19. The second kappa shape index (κ2) is 8.22. The number of carboxylic acids is 1. The topological polar surface area (TPSA) is 40.5 Å². The molecule has 0 aromatic heterocycles. The largest absolute Gasteiger partial charge is 0.481 e. The Morgan fingerprint density at radius 3 is 2.20 bits per heavy atom. The molecule has 0 amide bonds. The van der Waals surface area contributed by atoms with Crippen LogP contribution in [-0.4, -0.2) is 29.1 Å². The first kappa shape index (κ1) is 18.2. The fourth-order valence-corrected chi connectivity index (χ4v) is 3.90. The molecule has 0 aliphatic carbocycles. The van der Waals surface area contributed by atoms with Crippen molar-refractivity contribution in [3.8, 4) is 0 Å². The summed E-state index contributed by atoms with van der Waals surface area (Å²) in [7, 11) is 0. The minimum atomic E-state index is -0.729. The lowest BCUT2D eigenvalue weighted by molar-refractivity contribution is -0.138. The maximum absolute atomic E-state index is 11.2. The zero-order valence-corrected chi connectivity index (χ0v) is 15.4. The summed E-state index contributed by atoms with van der Waals surface area (Å²) in [5.41, 5.74) is 2.41. The van der Waals surface area contributed by atoms with Crippen LogP contribution in [0.25, 0.3) is 0 Å². The van der Waals surface area contributed by atoms with Crippen LogP contribution in [0.1, 0.15) is 29.9 Å². The molecule has 3 nitrogen and oxygen atoms in total.